The second-order valence-electron chi connectivity index (χ2n) is 4.84. The minimum atomic E-state index is -0.458. The first-order valence-electron chi connectivity index (χ1n) is 4.77. The lowest BCUT2D eigenvalue weighted by Crippen LogP contribution is -2.45. The van der Waals surface area contributed by atoms with Crippen molar-refractivity contribution in [2.75, 3.05) is 6.61 Å². The van der Waals surface area contributed by atoms with E-state index in [4.69, 9.17) is 10.8 Å². The number of hydrogen-bond donors (Lipinski definition) is 2. The topological polar surface area (TPSA) is 63.3 Å². The Morgan fingerprint density at radius 1 is 1.54 bits per heavy atom. The highest BCUT2D eigenvalue weighted by atomic mass is 16.3. The molecule has 1 aliphatic rings. The first-order chi connectivity index (χ1) is 5.86. The monoisotopic (exact) mass is 185 g/mol. The number of rotatable bonds is 2. The lowest BCUT2D eigenvalue weighted by molar-refractivity contribution is -0.132. The maximum atomic E-state index is 11.3. The van der Waals surface area contributed by atoms with Crippen LogP contribution in [0.2, 0.25) is 0 Å². The van der Waals surface area contributed by atoms with Crippen molar-refractivity contribution in [3.05, 3.63) is 0 Å². The Labute approximate surface area is 79.3 Å². The van der Waals surface area contributed by atoms with E-state index in [1.54, 1.807) is 0 Å². The minimum Gasteiger partial charge on any atom is -0.396 e. The average molecular weight is 185 g/mol. The van der Waals surface area contributed by atoms with Gasteiger partial charge in [0.1, 0.15) is 0 Å². The first-order valence-corrected chi connectivity index (χ1v) is 4.77. The van der Waals surface area contributed by atoms with Gasteiger partial charge in [0.15, 0.2) is 0 Å². The number of amides is 1. The molecule has 0 radical (unpaired) electrons. The Bertz CT molecular complexity index is 225. The van der Waals surface area contributed by atoms with E-state index in [1.807, 2.05) is 20.8 Å². The van der Waals surface area contributed by atoms with Gasteiger partial charge in [-0.3, -0.25) is 4.79 Å². The molecular weight excluding hydrogens is 166 g/mol. The summed E-state index contributed by atoms with van der Waals surface area (Å²) in [5.74, 6) is -0.0431. The van der Waals surface area contributed by atoms with E-state index in [0.29, 0.717) is 0 Å². The van der Waals surface area contributed by atoms with Crippen molar-refractivity contribution in [2.45, 2.75) is 33.6 Å². The summed E-state index contributed by atoms with van der Waals surface area (Å²) in [6, 6.07) is 0. The molecule has 1 saturated carbocycles. The van der Waals surface area contributed by atoms with Gasteiger partial charge in [-0.15, -0.1) is 0 Å². The lowest BCUT2D eigenvalue weighted by atomic mass is 9.65. The molecule has 13 heavy (non-hydrogen) atoms. The Morgan fingerprint density at radius 3 is 2.31 bits per heavy atom. The Kier molecular flexibility index (Phi) is 2.41. The van der Waals surface area contributed by atoms with Crippen LogP contribution >= 0.6 is 0 Å². The van der Waals surface area contributed by atoms with E-state index >= 15 is 0 Å². The normalized spacial score (nSPS) is 37.7. The Morgan fingerprint density at radius 2 is 2.08 bits per heavy atom. The number of nitrogens with two attached hydrogens (primary N) is 1. The minimum absolute atomic E-state index is 0.149. The quantitative estimate of drug-likeness (QED) is 0.671. The van der Waals surface area contributed by atoms with Crippen LogP contribution in [0.5, 0.6) is 0 Å². The van der Waals surface area contributed by atoms with Crippen LogP contribution in [0, 0.1) is 16.7 Å². The van der Waals surface area contributed by atoms with E-state index in [9.17, 15) is 4.79 Å². The van der Waals surface area contributed by atoms with Gasteiger partial charge in [-0.1, -0.05) is 20.8 Å². The molecule has 1 rings (SSSR count). The molecule has 76 valence electrons. The fourth-order valence-electron chi connectivity index (χ4n) is 2.36. The molecule has 1 amide bonds. The smallest absolute Gasteiger partial charge is 0.223 e. The summed E-state index contributed by atoms with van der Waals surface area (Å²) in [5, 5.41) is 9.16. The molecular formula is C10H19NO2. The second-order valence-corrected chi connectivity index (χ2v) is 4.84. The maximum Gasteiger partial charge on any atom is 0.223 e. The number of aliphatic hydroxyl groups is 1. The molecule has 1 aliphatic carbocycles. The van der Waals surface area contributed by atoms with E-state index < -0.39 is 5.41 Å². The summed E-state index contributed by atoms with van der Waals surface area (Å²) in [6.07, 6.45) is 1.68. The largest absolute Gasteiger partial charge is 0.396 e. The highest BCUT2D eigenvalue weighted by Gasteiger charge is 2.54. The van der Waals surface area contributed by atoms with Crippen LogP contribution in [-0.2, 0) is 4.79 Å². The van der Waals surface area contributed by atoms with Crippen LogP contribution in [0.1, 0.15) is 33.6 Å². The molecule has 1 fully saturated rings. The molecule has 0 aromatic carbocycles. The molecule has 3 heteroatoms. The molecule has 0 unspecified atom stereocenters. The van der Waals surface area contributed by atoms with Gasteiger partial charge in [0.2, 0.25) is 5.91 Å². The van der Waals surface area contributed by atoms with Crippen molar-refractivity contribution in [1.29, 1.82) is 0 Å². The number of hydrogen-bond acceptors (Lipinski definition) is 2. The van der Waals surface area contributed by atoms with Gasteiger partial charge in [0.05, 0.1) is 5.41 Å². The van der Waals surface area contributed by atoms with Crippen LogP contribution in [0.15, 0.2) is 0 Å². The fraction of sp³-hybridized carbons (Fsp3) is 0.900. The van der Waals surface area contributed by atoms with Gasteiger partial charge in [0.25, 0.3) is 0 Å². The van der Waals surface area contributed by atoms with Gasteiger partial charge in [0, 0.05) is 6.61 Å². The molecule has 0 heterocycles. The van der Waals surface area contributed by atoms with Gasteiger partial charge < -0.3 is 10.8 Å². The van der Waals surface area contributed by atoms with Gasteiger partial charge in [-0.25, -0.2) is 0 Å². The SMILES string of the molecule is CC1(C)[C@@H](CO)CC[C@@]1(C)C(N)=O. The number of carbonyl (C=O) groups is 1. The summed E-state index contributed by atoms with van der Waals surface area (Å²) < 4.78 is 0. The molecule has 0 aliphatic heterocycles. The van der Waals surface area contributed by atoms with Crippen molar-refractivity contribution in [1.82, 2.24) is 0 Å². The number of primary amides is 1. The average Bonchev–Trinajstić information content (AvgIpc) is 2.25. The Hall–Kier alpha value is -0.570. The van der Waals surface area contributed by atoms with Crippen LogP contribution in [-0.4, -0.2) is 17.6 Å². The van der Waals surface area contributed by atoms with Crippen LogP contribution in [0.25, 0.3) is 0 Å². The molecule has 2 atom stereocenters. The predicted octanol–water partition coefficient (Wildman–Crippen LogP) is 0.907. The van der Waals surface area contributed by atoms with E-state index in [2.05, 4.69) is 0 Å². The fourth-order valence-corrected chi connectivity index (χ4v) is 2.36. The van der Waals surface area contributed by atoms with E-state index in [1.165, 1.54) is 0 Å². The van der Waals surface area contributed by atoms with Crippen LogP contribution in [0.3, 0.4) is 0 Å². The van der Waals surface area contributed by atoms with Gasteiger partial charge >= 0.3 is 0 Å². The van der Waals surface area contributed by atoms with Crippen LogP contribution in [0.4, 0.5) is 0 Å². The third-order valence-electron chi connectivity index (χ3n) is 4.20. The molecule has 3 N–H and O–H groups in total. The highest BCUT2D eigenvalue weighted by Crippen LogP contribution is 2.55. The molecule has 0 bridgehead atoms. The van der Waals surface area contributed by atoms with Gasteiger partial charge in [-0.05, 0) is 24.2 Å². The number of carbonyl (C=O) groups excluding carboxylic acids is 1. The maximum absolute atomic E-state index is 11.3. The zero-order valence-electron chi connectivity index (χ0n) is 8.63. The van der Waals surface area contributed by atoms with E-state index in [-0.39, 0.29) is 23.8 Å². The highest BCUT2D eigenvalue weighted by molar-refractivity contribution is 5.81. The summed E-state index contributed by atoms with van der Waals surface area (Å²) >= 11 is 0. The van der Waals surface area contributed by atoms with Crippen molar-refractivity contribution < 1.29 is 9.90 Å². The second kappa shape index (κ2) is 2.98. The zero-order chi connectivity index (χ0) is 10.3. The first kappa shape index (κ1) is 10.5. The number of aliphatic hydroxyl groups excluding tert-OH is 1. The summed E-state index contributed by atoms with van der Waals surface area (Å²) in [4.78, 5) is 11.3. The van der Waals surface area contributed by atoms with Crippen LogP contribution < -0.4 is 5.73 Å². The summed E-state index contributed by atoms with van der Waals surface area (Å²) in [6.45, 7) is 6.10. The molecule has 0 aromatic heterocycles. The molecule has 3 nitrogen and oxygen atoms in total. The third kappa shape index (κ3) is 1.26. The van der Waals surface area contributed by atoms with E-state index in [0.717, 1.165) is 12.8 Å². The van der Waals surface area contributed by atoms with Crippen molar-refractivity contribution in [2.24, 2.45) is 22.5 Å². The molecule has 0 spiro atoms. The summed E-state index contributed by atoms with van der Waals surface area (Å²) in [5.41, 5.74) is 4.76. The molecule has 0 aromatic rings. The van der Waals surface area contributed by atoms with Crippen molar-refractivity contribution in [3.63, 3.8) is 0 Å². The standard InChI is InChI=1S/C10H19NO2/c1-9(2)7(6-12)4-5-10(9,3)8(11)13/h7,12H,4-6H2,1-3H3,(H2,11,13)/t7-,10+/m1/s1. The van der Waals surface area contributed by atoms with Crippen molar-refractivity contribution >= 4 is 5.91 Å². The van der Waals surface area contributed by atoms with Crippen molar-refractivity contribution in [3.8, 4) is 0 Å². The molecule has 0 saturated heterocycles. The summed E-state index contributed by atoms with van der Waals surface area (Å²) in [7, 11) is 0. The van der Waals surface area contributed by atoms with Gasteiger partial charge in [-0.2, -0.15) is 0 Å². The zero-order valence-corrected chi connectivity index (χ0v) is 8.63. The predicted molar refractivity (Wildman–Crippen MR) is 50.9 cm³/mol. The third-order valence-corrected chi connectivity index (χ3v) is 4.20. The Balaban J connectivity index is 2.99. The lowest BCUT2D eigenvalue weighted by Gasteiger charge is -2.38.